The summed E-state index contributed by atoms with van der Waals surface area (Å²) in [5.74, 6) is -1.81. The number of phenols is 1. The number of carboxylic acids is 1. The Morgan fingerprint density at radius 1 is 1.22 bits per heavy atom. The van der Waals surface area contributed by atoms with Crippen molar-refractivity contribution in [2.75, 3.05) is 14.1 Å². The SMILES string of the molecule is CN(C)C(=O)C[C@@H](Cc1ccc(O)cc1)C(=O)O. The van der Waals surface area contributed by atoms with Gasteiger partial charge in [-0.05, 0) is 24.1 Å². The average Bonchev–Trinajstić information content (AvgIpc) is 2.30. The van der Waals surface area contributed by atoms with E-state index in [2.05, 4.69) is 0 Å². The number of phenolic OH excluding ortho intramolecular Hbond substituents is 1. The zero-order valence-corrected chi connectivity index (χ0v) is 10.5. The Kier molecular flexibility index (Phi) is 4.71. The standard InChI is InChI=1S/C13H17NO4/c1-14(2)12(16)8-10(13(17)18)7-9-3-5-11(15)6-4-9/h3-6,10,15H,7-8H2,1-2H3,(H,17,18)/t10-/m1/s1. The highest BCUT2D eigenvalue weighted by atomic mass is 16.4. The number of carbonyl (C=O) groups is 2. The number of carbonyl (C=O) groups excluding carboxylic acids is 1. The summed E-state index contributed by atoms with van der Waals surface area (Å²) in [6, 6.07) is 6.32. The molecule has 5 nitrogen and oxygen atoms in total. The van der Waals surface area contributed by atoms with Crippen LogP contribution in [-0.4, -0.2) is 41.1 Å². The molecule has 2 N–H and O–H groups in total. The minimum absolute atomic E-state index is 0.0246. The number of aliphatic carboxylic acids is 1. The number of benzene rings is 1. The van der Waals surface area contributed by atoms with Crippen molar-refractivity contribution < 1.29 is 19.8 Å². The number of carboxylic acid groups (broad SMARTS) is 1. The molecule has 1 aromatic rings. The van der Waals surface area contributed by atoms with Gasteiger partial charge in [-0.1, -0.05) is 12.1 Å². The predicted molar refractivity (Wildman–Crippen MR) is 66.2 cm³/mol. The van der Waals surface area contributed by atoms with E-state index >= 15 is 0 Å². The van der Waals surface area contributed by atoms with Crippen molar-refractivity contribution in [3.8, 4) is 5.75 Å². The van der Waals surface area contributed by atoms with Crippen molar-refractivity contribution in [2.45, 2.75) is 12.8 Å². The van der Waals surface area contributed by atoms with Gasteiger partial charge >= 0.3 is 5.97 Å². The lowest BCUT2D eigenvalue weighted by Gasteiger charge is -2.15. The minimum atomic E-state index is -0.988. The van der Waals surface area contributed by atoms with E-state index in [1.54, 1.807) is 26.2 Å². The Hall–Kier alpha value is -2.04. The van der Waals surface area contributed by atoms with Gasteiger partial charge in [0.05, 0.1) is 5.92 Å². The van der Waals surface area contributed by atoms with Crippen molar-refractivity contribution in [1.82, 2.24) is 4.90 Å². The summed E-state index contributed by atoms with van der Waals surface area (Å²) in [6.45, 7) is 0. The molecule has 0 aliphatic rings. The fraction of sp³-hybridized carbons (Fsp3) is 0.385. The summed E-state index contributed by atoms with van der Waals surface area (Å²) in [5, 5.41) is 18.2. The molecule has 0 saturated heterocycles. The number of aromatic hydroxyl groups is 1. The van der Waals surface area contributed by atoms with E-state index in [1.807, 2.05) is 0 Å². The zero-order chi connectivity index (χ0) is 13.7. The topological polar surface area (TPSA) is 77.8 Å². The van der Waals surface area contributed by atoms with Crippen LogP contribution in [0.5, 0.6) is 5.75 Å². The molecule has 5 heteroatoms. The molecule has 0 saturated carbocycles. The van der Waals surface area contributed by atoms with Gasteiger partial charge in [0.15, 0.2) is 0 Å². The molecule has 1 amide bonds. The first-order valence-electron chi connectivity index (χ1n) is 5.61. The van der Waals surface area contributed by atoms with Crippen LogP contribution in [0.3, 0.4) is 0 Å². The number of amides is 1. The van der Waals surface area contributed by atoms with Gasteiger partial charge in [-0.25, -0.2) is 0 Å². The van der Waals surface area contributed by atoms with Crippen LogP contribution in [0.25, 0.3) is 0 Å². The van der Waals surface area contributed by atoms with Crippen molar-refractivity contribution in [3.05, 3.63) is 29.8 Å². The molecule has 0 heterocycles. The highest BCUT2D eigenvalue weighted by molar-refractivity contribution is 5.82. The molecule has 18 heavy (non-hydrogen) atoms. The Bertz CT molecular complexity index is 425. The molecule has 0 aliphatic heterocycles. The second kappa shape index (κ2) is 6.05. The van der Waals surface area contributed by atoms with Gasteiger partial charge in [0.25, 0.3) is 0 Å². The van der Waals surface area contributed by atoms with Gasteiger partial charge < -0.3 is 15.1 Å². The molecule has 0 aliphatic carbocycles. The maximum atomic E-state index is 11.5. The quantitative estimate of drug-likeness (QED) is 0.821. The van der Waals surface area contributed by atoms with Gasteiger partial charge in [-0.3, -0.25) is 9.59 Å². The molecule has 0 spiro atoms. The number of hydrogen-bond acceptors (Lipinski definition) is 3. The second-order valence-electron chi connectivity index (χ2n) is 4.40. The summed E-state index contributed by atoms with van der Waals surface area (Å²) in [7, 11) is 3.20. The molecule has 0 fully saturated rings. The molecule has 0 unspecified atom stereocenters. The van der Waals surface area contributed by atoms with Crippen LogP contribution in [0.1, 0.15) is 12.0 Å². The largest absolute Gasteiger partial charge is 0.508 e. The van der Waals surface area contributed by atoms with Gasteiger partial charge in [0.2, 0.25) is 5.91 Å². The Labute approximate surface area is 106 Å². The van der Waals surface area contributed by atoms with E-state index < -0.39 is 11.9 Å². The number of hydrogen-bond donors (Lipinski definition) is 2. The molecule has 1 rings (SSSR count). The number of rotatable bonds is 5. The smallest absolute Gasteiger partial charge is 0.307 e. The van der Waals surface area contributed by atoms with Crippen molar-refractivity contribution in [3.63, 3.8) is 0 Å². The summed E-state index contributed by atoms with van der Waals surface area (Å²) >= 11 is 0. The predicted octanol–water partition coefficient (Wildman–Crippen LogP) is 1.11. The summed E-state index contributed by atoms with van der Waals surface area (Å²) < 4.78 is 0. The molecule has 98 valence electrons. The molecule has 0 radical (unpaired) electrons. The van der Waals surface area contributed by atoms with E-state index in [4.69, 9.17) is 10.2 Å². The molecule has 1 aromatic carbocycles. The van der Waals surface area contributed by atoms with E-state index in [0.29, 0.717) is 0 Å². The second-order valence-corrected chi connectivity index (χ2v) is 4.40. The van der Waals surface area contributed by atoms with Crippen LogP contribution in [0.2, 0.25) is 0 Å². The third kappa shape index (κ3) is 4.08. The lowest BCUT2D eigenvalue weighted by atomic mass is 9.96. The fourth-order valence-electron chi connectivity index (χ4n) is 1.56. The monoisotopic (exact) mass is 251 g/mol. The average molecular weight is 251 g/mol. The fourth-order valence-corrected chi connectivity index (χ4v) is 1.56. The first kappa shape index (κ1) is 14.0. The van der Waals surface area contributed by atoms with Gasteiger partial charge in [-0.2, -0.15) is 0 Å². The highest BCUT2D eigenvalue weighted by Crippen LogP contribution is 2.16. The first-order valence-corrected chi connectivity index (χ1v) is 5.61. The maximum Gasteiger partial charge on any atom is 0.307 e. The van der Waals surface area contributed by atoms with E-state index in [0.717, 1.165) is 5.56 Å². The van der Waals surface area contributed by atoms with Crippen LogP contribution in [0.4, 0.5) is 0 Å². The third-order valence-electron chi connectivity index (χ3n) is 2.69. The van der Waals surface area contributed by atoms with E-state index in [1.165, 1.54) is 17.0 Å². The van der Waals surface area contributed by atoms with Crippen molar-refractivity contribution in [1.29, 1.82) is 0 Å². The normalized spacial score (nSPS) is 11.9. The Morgan fingerprint density at radius 3 is 2.22 bits per heavy atom. The minimum Gasteiger partial charge on any atom is -0.508 e. The summed E-state index contributed by atoms with van der Waals surface area (Å²) in [4.78, 5) is 24.0. The molecular formula is C13H17NO4. The maximum absolute atomic E-state index is 11.5. The molecular weight excluding hydrogens is 234 g/mol. The van der Waals surface area contributed by atoms with Crippen LogP contribution >= 0.6 is 0 Å². The van der Waals surface area contributed by atoms with Crippen molar-refractivity contribution >= 4 is 11.9 Å². The molecule has 1 atom stereocenters. The van der Waals surface area contributed by atoms with Crippen LogP contribution in [-0.2, 0) is 16.0 Å². The summed E-state index contributed by atoms with van der Waals surface area (Å²) in [6.07, 6.45) is 0.248. The Morgan fingerprint density at radius 2 is 1.78 bits per heavy atom. The molecule has 0 bridgehead atoms. The lowest BCUT2D eigenvalue weighted by Crippen LogP contribution is -2.28. The zero-order valence-electron chi connectivity index (χ0n) is 10.5. The third-order valence-corrected chi connectivity index (χ3v) is 2.69. The van der Waals surface area contributed by atoms with E-state index in [9.17, 15) is 9.59 Å². The number of nitrogens with zero attached hydrogens (tertiary/aromatic N) is 1. The van der Waals surface area contributed by atoms with Crippen LogP contribution in [0.15, 0.2) is 24.3 Å². The van der Waals surface area contributed by atoms with E-state index in [-0.39, 0.29) is 24.5 Å². The van der Waals surface area contributed by atoms with Gasteiger partial charge in [0.1, 0.15) is 5.75 Å². The van der Waals surface area contributed by atoms with Crippen LogP contribution < -0.4 is 0 Å². The highest BCUT2D eigenvalue weighted by Gasteiger charge is 2.22. The molecule has 0 aromatic heterocycles. The van der Waals surface area contributed by atoms with Gasteiger partial charge in [0, 0.05) is 20.5 Å². The first-order chi connectivity index (χ1) is 8.40. The van der Waals surface area contributed by atoms with Crippen LogP contribution in [0, 0.1) is 5.92 Å². The Balaban J connectivity index is 2.72. The summed E-state index contributed by atoms with van der Waals surface area (Å²) in [5.41, 5.74) is 0.784. The lowest BCUT2D eigenvalue weighted by molar-refractivity contribution is -0.145. The van der Waals surface area contributed by atoms with Crippen molar-refractivity contribution in [2.24, 2.45) is 5.92 Å². The van der Waals surface area contributed by atoms with Gasteiger partial charge in [-0.15, -0.1) is 0 Å².